The molecule has 2 rings (SSSR count). The number of sulfonamides is 1. The Kier molecular flexibility index (Phi) is 5.73. The van der Waals surface area contributed by atoms with Crippen LogP contribution in [0.2, 0.25) is 10.0 Å². The predicted molar refractivity (Wildman–Crippen MR) is 94.9 cm³/mol. The van der Waals surface area contributed by atoms with Crippen LogP contribution < -0.4 is 10.0 Å². The molecule has 0 aliphatic heterocycles. The van der Waals surface area contributed by atoms with Crippen LogP contribution in [0.15, 0.2) is 47.4 Å². The van der Waals surface area contributed by atoms with Crippen LogP contribution in [-0.4, -0.2) is 20.9 Å². The van der Waals surface area contributed by atoms with Crippen molar-refractivity contribution in [2.24, 2.45) is 0 Å². The highest BCUT2D eigenvalue weighted by Gasteiger charge is 2.20. The zero-order valence-electron chi connectivity index (χ0n) is 12.2. The van der Waals surface area contributed by atoms with Crippen molar-refractivity contribution in [1.29, 1.82) is 0 Å². The van der Waals surface area contributed by atoms with E-state index in [0.717, 1.165) is 0 Å². The number of amides is 1. The van der Waals surface area contributed by atoms with Crippen molar-refractivity contribution in [3.05, 3.63) is 58.1 Å². The maximum atomic E-state index is 12.5. The molecular weight excluding hydrogens is 371 g/mol. The standard InChI is InChI=1S/C16H12Cl2N2O3S/c1-2-9-19-16(21)11-3-8-14(18)15(10-11)24(22,23)20-13-6-4-12(17)5-7-13/h1,3-8,10,20H,9H2,(H,19,21). The van der Waals surface area contributed by atoms with Crippen LogP contribution in [0.4, 0.5) is 5.69 Å². The molecule has 5 nitrogen and oxygen atoms in total. The number of halogens is 2. The van der Waals surface area contributed by atoms with Crippen molar-refractivity contribution in [3.63, 3.8) is 0 Å². The normalized spacial score (nSPS) is 10.7. The topological polar surface area (TPSA) is 75.3 Å². The molecule has 2 aromatic rings. The second-order valence-electron chi connectivity index (χ2n) is 4.64. The molecule has 0 unspecified atom stereocenters. The van der Waals surface area contributed by atoms with Gasteiger partial charge in [0.15, 0.2) is 0 Å². The number of hydrogen-bond acceptors (Lipinski definition) is 3. The van der Waals surface area contributed by atoms with E-state index in [4.69, 9.17) is 29.6 Å². The monoisotopic (exact) mass is 382 g/mol. The lowest BCUT2D eigenvalue weighted by Crippen LogP contribution is -2.24. The Morgan fingerprint density at radius 1 is 1.12 bits per heavy atom. The SMILES string of the molecule is C#CCNC(=O)c1ccc(Cl)c(S(=O)(=O)Nc2ccc(Cl)cc2)c1. The molecule has 0 bridgehead atoms. The van der Waals surface area contributed by atoms with Gasteiger partial charge >= 0.3 is 0 Å². The van der Waals surface area contributed by atoms with Gasteiger partial charge in [-0.2, -0.15) is 0 Å². The number of benzene rings is 2. The Morgan fingerprint density at radius 3 is 2.42 bits per heavy atom. The first-order chi connectivity index (χ1) is 11.3. The number of hydrogen-bond donors (Lipinski definition) is 2. The number of carbonyl (C=O) groups excluding carboxylic acids is 1. The minimum atomic E-state index is -3.98. The van der Waals surface area contributed by atoms with E-state index in [2.05, 4.69) is 16.0 Å². The molecule has 8 heteroatoms. The first-order valence-electron chi connectivity index (χ1n) is 6.63. The smallest absolute Gasteiger partial charge is 0.263 e. The number of nitrogens with one attached hydrogen (secondary N) is 2. The minimum absolute atomic E-state index is 0.00929. The number of terminal acetylenes is 1. The van der Waals surface area contributed by atoms with Gasteiger partial charge in [-0.15, -0.1) is 6.42 Å². The fraction of sp³-hybridized carbons (Fsp3) is 0.0625. The van der Waals surface area contributed by atoms with Gasteiger partial charge in [0.25, 0.3) is 15.9 Å². The molecule has 0 atom stereocenters. The Bertz CT molecular complexity index is 904. The maximum Gasteiger partial charge on any atom is 0.263 e. The molecule has 0 saturated heterocycles. The van der Waals surface area contributed by atoms with E-state index >= 15 is 0 Å². The molecule has 0 aliphatic carbocycles. The van der Waals surface area contributed by atoms with Gasteiger partial charge in [-0.3, -0.25) is 9.52 Å². The molecule has 0 saturated carbocycles. The first kappa shape index (κ1) is 18.1. The van der Waals surface area contributed by atoms with Gasteiger partial charge in [0.1, 0.15) is 4.90 Å². The second kappa shape index (κ2) is 7.58. The molecular formula is C16H12Cl2N2O3S. The van der Waals surface area contributed by atoms with Crippen molar-refractivity contribution >= 4 is 44.8 Å². The Morgan fingerprint density at radius 2 is 1.79 bits per heavy atom. The van der Waals surface area contributed by atoms with Gasteiger partial charge < -0.3 is 5.32 Å². The summed E-state index contributed by atoms with van der Waals surface area (Å²) in [6.07, 6.45) is 5.07. The van der Waals surface area contributed by atoms with Crippen molar-refractivity contribution in [2.75, 3.05) is 11.3 Å². The summed E-state index contributed by atoms with van der Waals surface area (Å²) in [6, 6.07) is 10.1. The highest BCUT2D eigenvalue weighted by molar-refractivity contribution is 7.92. The largest absolute Gasteiger partial charge is 0.341 e. The van der Waals surface area contributed by atoms with E-state index in [-0.39, 0.29) is 22.0 Å². The lowest BCUT2D eigenvalue weighted by atomic mass is 10.2. The second-order valence-corrected chi connectivity index (χ2v) is 7.14. The third-order valence-corrected chi connectivity index (χ3v) is 5.05. The van der Waals surface area contributed by atoms with Gasteiger partial charge in [0.2, 0.25) is 0 Å². The van der Waals surface area contributed by atoms with E-state index in [1.807, 2.05) is 0 Å². The van der Waals surface area contributed by atoms with Crippen molar-refractivity contribution in [1.82, 2.24) is 5.32 Å². The van der Waals surface area contributed by atoms with Crippen molar-refractivity contribution < 1.29 is 13.2 Å². The van der Waals surface area contributed by atoms with Crippen molar-refractivity contribution in [2.45, 2.75) is 4.90 Å². The third-order valence-electron chi connectivity index (χ3n) is 2.93. The highest BCUT2D eigenvalue weighted by Crippen LogP contribution is 2.25. The van der Waals surface area contributed by atoms with E-state index in [1.54, 1.807) is 12.1 Å². The van der Waals surface area contributed by atoms with Crippen LogP contribution in [0, 0.1) is 12.3 Å². The molecule has 2 N–H and O–H groups in total. The summed E-state index contributed by atoms with van der Waals surface area (Å²) in [5.74, 6) is 1.77. The highest BCUT2D eigenvalue weighted by atomic mass is 35.5. The fourth-order valence-electron chi connectivity index (χ4n) is 1.81. The summed E-state index contributed by atoms with van der Waals surface area (Å²) < 4.78 is 27.4. The molecule has 24 heavy (non-hydrogen) atoms. The quantitative estimate of drug-likeness (QED) is 0.779. The molecule has 124 valence electrons. The van der Waals surface area contributed by atoms with Gasteiger partial charge in [-0.25, -0.2) is 8.42 Å². The Balaban J connectivity index is 2.33. The van der Waals surface area contributed by atoms with Crippen LogP contribution in [0.1, 0.15) is 10.4 Å². The first-order valence-corrected chi connectivity index (χ1v) is 8.87. The Hall–Kier alpha value is -2.20. The summed E-state index contributed by atoms with van der Waals surface area (Å²) in [6.45, 7) is 0.0343. The summed E-state index contributed by atoms with van der Waals surface area (Å²) in [5, 5.41) is 2.92. The minimum Gasteiger partial charge on any atom is -0.341 e. The summed E-state index contributed by atoms with van der Waals surface area (Å²) >= 11 is 11.7. The van der Waals surface area contributed by atoms with Gasteiger partial charge in [0.05, 0.1) is 11.6 Å². The van der Waals surface area contributed by atoms with Crippen LogP contribution in [-0.2, 0) is 10.0 Å². The molecule has 1 amide bonds. The summed E-state index contributed by atoms with van der Waals surface area (Å²) in [7, 11) is -3.98. The molecule has 0 heterocycles. The van der Waals surface area contributed by atoms with Gasteiger partial charge in [0, 0.05) is 16.3 Å². The van der Waals surface area contributed by atoms with Crippen LogP contribution in [0.3, 0.4) is 0 Å². The summed E-state index contributed by atoms with van der Waals surface area (Å²) in [5.41, 5.74) is 0.448. The van der Waals surface area contributed by atoms with Crippen molar-refractivity contribution in [3.8, 4) is 12.3 Å². The average Bonchev–Trinajstić information content (AvgIpc) is 2.54. The molecule has 0 aliphatic rings. The van der Waals surface area contributed by atoms with Crippen LogP contribution in [0.5, 0.6) is 0 Å². The lowest BCUT2D eigenvalue weighted by molar-refractivity contribution is 0.0958. The maximum absolute atomic E-state index is 12.5. The molecule has 0 spiro atoms. The fourth-order valence-corrected chi connectivity index (χ4v) is 3.52. The van der Waals surface area contributed by atoms with Crippen LogP contribution in [0.25, 0.3) is 0 Å². The zero-order valence-corrected chi connectivity index (χ0v) is 14.5. The average molecular weight is 383 g/mol. The number of carbonyl (C=O) groups is 1. The molecule has 0 fully saturated rings. The van der Waals surface area contributed by atoms with Crippen LogP contribution >= 0.6 is 23.2 Å². The van der Waals surface area contributed by atoms with E-state index in [1.165, 1.54) is 30.3 Å². The third kappa shape index (κ3) is 4.42. The number of anilines is 1. The van der Waals surface area contributed by atoms with Gasteiger partial charge in [-0.1, -0.05) is 29.1 Å². The van der Waals surface area contributed by atoms with Gasteiger partial charge in [-0.05, 0) is 42.5 Å². The Labute approximate surface area is 150 Å². The zero-order chi connectivity index (χ0) is 17.7. The molecule has 0 aromatic heterocycles. The predicted octanol–water partition coefficient (Wildman–Crippen LogP) is 3.16. The molecule has 0 radical (unpaired) electrons. The summed E-state index contributed by atoms with van der Waals surface area (Å²) in [4.78, 5) is 11.7. The van der Waals surface area contributed by atoms with E-state index in [0.29, 0.717) is 10.7 Å². The molecule has 2 aromatic carbocycles. The lowest BCUT2D eigenvalue weighted by Gasteiger charge is -2.11. The van der Waals surface area contributed by atoms with E-state index in [9.17, 15) is 13.2 Å². The van der Waals surface area contributed by atoms with E-state index < -0.39 is 15.9 Å². The number of rotatable bonds is 5.